The van der Waals surface area contributed by atoms with E-state index in [4.69, 9.17) is 0 Å². The SMILES string of the molecule is CC1CC1C(=O)N1CCN(CC(C)(C)O)CC1. The number of hydrogen-bond acceptors (Lipinski definition) is 3. The molecule has 0 aromatic rings. The number of carbonyl (C=O) groups excluding carboxylic acids is 1. The van der Waals surface area contributed by atoms with Crippen LogP contribution in [-0.2, 0) is 4.79 Å². The Morgan fingerprint density at radius 3 is 2.24 bits per heavy atom. The summed E-state index contributed by atoms with van der Waals surface area (Å²) < 4.78 is 0. The molecule has 2 unspecified atom stereocenters. The molecule has 2 aliphatic rings. The summed E-state index contributed by atoms with van der Waals surface area (Å²) in [6, 6.07) is 0. The van der Waals surface area contributed by atoms with Crippen LogP contribution < -0.4 is 0 Å². The summed E-state index contributed by atoms with van der Waals surface area (Å²) in [6.45, 7) is 9.90. The summed E-state index contributed by atoms with van der Waals surface area (Å²) in [5.74, 6) is 1.24. The summed E-state index contributed by atoms with van der Waals surface area (Å²) in [7, 11) is 0. The second-order valence-electron chi connectivity index (χ2n) is 6.23. The number of nitrogens with zero attached hydrogens (tertiary/aromatic N) is 2. The molecule has 1 saturated carbocycles. The number of β-amino-alcohol motifs (C(OH)–C–C–N with tert-alkyl or cyclic N) is 1. The van der Waals surface area contributed by atoms with E-state index >= 15 is 0 Å². The molecule has 2 rings (SSSR count). The lowest BCUT2D eigenvalue weighted by Crippen LogP contribution is -2.52. The fourth-order valence-electron chi connectivity index (χ4n) is 2.57. The van der Waals surface area contributed by atoms with Crippen molar-refractivity contribution in [1.29, 1.82) is 0 Å². The van der Waals surface area contributed by atoms with Crippen LogP contribution in [-0.4, -0.2) is 59.1 Å². The molecule has 0 radical (unpaired) electrons. The highest BCUT2D eigenvalue weighted by Gasteiger charge is 2.42. The largest absolute Gasteiger partial charge is 0.389 e. The van der Waals surface area contributed by atoms with Gasteiger partial charge >= 0.3 is 0 Å². The first-order valence-electron chi connectivity index (χ1n) is 6.60. The first-order chi connectivity index (χ1) is 7.87. The van der Waals surface area contributed by atoms with E-state index in [2.05, 4.69) is 11.8 Å². The number of hydrogen-bond donors (Lipinski definition) is 1. The van der Waals surface area contributed by atoms with Gasteiger partial charge in [-0.05, 0) is 26.2 Å². The minimum absolute atomic E-state index is 0.302. The van der Waals surface area contributed by atoms with Gasteiger partial charge in [-0.3, -0.25) is 9.69 Å². The molecule has 1 heterocycles. The molecular weight excluding hydrogens is 216 g/mol. The topological polar surface area (TPSA) is 43.8 Å². The average molecular weight is 240 g/mol. The van der Waals surface area contributed by atoms with E-state index in [0.29, 0.717) is 24.3 Å². The highest BCUT2D eigenvalue weighted by molar-refractivity contribution is 5.81. The molecule has 0 aromatic carbocycles. The highest BCUT2D eigenvalue weighted by atomic mass is 16.3. The average Bonchev–Trinajstić information content (AvgIpc) is 2.93. The molecule has 2 atom stereocenters. The predicted molar refractivity (Wildman–Crippen MR) is 66.6 cm³/mol. The fourth-order valence-corrected chi connectivity index (χ4v) is 2.57. The number of aliphatic hydroxyl groups is 1. The van der Waals surface area contributed by atoms with E-state index in [1.165, 1.54) is 0 Å². The van der Waals surface area contributed by atoms with E-state index in [1.807, 2.05) is 18.7 Å². The van der Waals surface area contributed by atoms with Gasteiger partial charge in [-0.2, -0.15) is 0 Å². The van der Waals surface area contributed by atoms with Gasteiger partial charge in [0.15, 0.2) is 0 Å². The van der Waals surface area contributed by atoms with Crippen LogP contribution in [0.15, 0.2) is 0 Å². The molecule has 17 heavy (non-hydrogen) atoms. The summed E-state index contributed by atoms with van der Waals surface area (Å²) in [6.07, 6.45) is 1.07. The van der Waals surface area contributed by atoms with Gasteiger partial charge in [0.1, 0.15) is 0 Å². The molecule has 2 fully saturated rings. The van der Waals surface area contributed by atoms with Crippen LogP contribution >= 0.6 is 0 Å². The van der Waals surface area contributed by atoms with Gasteiger partial charge in [0.05, 0.1) is 5.60 Å². The predicted octanol–water partition coefficient (Wildman–Crippen LogP) is 0.557. The Bertz CT molecular complexity index is 290. The van der Waals surface area contributed by atoms with Crippen molar-refractivity contribution in [1.82, 2.24) is 9.80 Å². The molecule has 1 N–H and O–H groups in total. The number of rotatable bonds is 3. The van der Waals surface area contributed by atoms with Gasteiger partial charge < -0.3 is 10.0 Å². The molecule has 1 amide bonds. The zero-order valence-corrected chi connectivity index (χ0v) is 11.1. The number of amides is 1. The molecule has 0 spiro atoms. The normalized spacial score (nSPS) is 30.5. The van der Waals surface area contributed by atoms with E-state index < -0.39 is 5.60 Å². The van der Waals surface area contributed by atoms with Crippen molar-refractivity contribution < 1.29 is 9.90 Å². The van der Waals surface area contributed by atoms with Crippen molar-refractivity contribution in [2.45, 2.75) is 32.8 Å². The highest BCUT2D eigenvalue weighted by Crippen LogP contribution is 2.39. The second-order valence-corrected chi connectivity index (χ2v) is 6.23. The number of piperazine rings is 1. The van der Waals surface area contributed by atoms with Crippen LogP contribution in [0.5, 0.6) is 0 Å². The maximum Gasteiger partial charge on any atom is 0.226 e. The molecular formula is C13H24N2O2. The lowest BCUT2D eigenvalue weighted by atomic mass is 10.1. The van der Waals surface area contributed by atoms with Crippen molar-refractivity contribution in [3.8, 4) is 0 Å². The maximum atomic E-state index is 12.0. The van der Waals surface area contributed by atoms with Gasteiger partial charge in [0.2, 0.25) is 5.91 Å². The Kier molecular flexibility index (Phi) is 3.46. The van der Waals surface area contributed by atoms with Crippen LogP contribution in [0.1, 0.15) is 27.2 Å². The Hall–Kier alpha value is -0.610. The van der Waals surface area contributed by atoms with Crippen LogP contribution in [0.2, 0.25) is 0 Å². The van der Waals surface area contributed by atoms with Gasteiger partial charge in [-0.15, -0.1) is 0 Å². The maximum absolute atomic E-state index is 12.0. The lowest BCUT2D eigenvalue weighted by Gasteiger charge is -2.37. The summed E-state index contributed by atoms with van der Waals surface area (Å²) >= 11 is 0. The quantitative estimate of drug-likeness (QED) is 0.784. The zero-order chi connectivity index (χ0) is 12.6. The van der Waals surface area contributed by atoms with Gasteiger partial charge in [0.25, 0.3) is 0 Å². The molecule has 1 aliphatic heterocycles. The van der Waals surface area contributed by atoms with Gasteiger partial charge in [-0.1, -0.05) is 6.92 Å². The standard InChI is InChI=1S/C13H24N2O2/c1-10-8-11(10)12(16)15-6-4-14(5-7-15)9-13(2,3)17/h10-11,17H,4-9H2,1-3H3. The minimum atomic E-state index is -0.642. The van der Waals surface area contributed by atoms with Crippen molar-refractivity contribution >= 4 is 5.91 Å². The van der Waals surface area contributed by atoms with E-state index in [0.717, 1.165) is 32.6 Å². The van der Waals surface area contributed by atoms with Crippen molar-refractivity contribution in [2.24, 2.45) is 11.8 Å². The molecule has 1 aliphatic carbocycles. The van der Waals surface area contributed by atoms with Crippen LogP contribution in [0.3, 0.4) is 0 Å². The monoisotopic (exact) mass is 240 g/mol. The molecule has 0 bridgehead atoms. The van der Waals surface area contributed by atoms with Gasteiger partial charge in [-0.25, -0.2) is 0 Å². The van der Waals surface area contributed by atoms with Crippen LogP contribution in [0.25, 0.3) is 0 Å². The summed E-state index contributed by atoms with van der Waals surface area (Å²) in [4.78, 5) is 16.3. The third-order valence-corrected chi connectivity index (χ3v) is 3.72. The Balaban J connectivity index is 1.76. The first-order valence-corrected chi connectivity index (χ1v) is 6.60. The summed E-state index contributed by atoms with van der Waals surface area (Å²) in [5, 5.41) is 9.76. The van der Waals surface area contributed by atoms with E-state index in [1.54, 1.807) is 0 Å². The molecule has 0 aromatic heterocycles. The first kappa shape index (κ1) is 12.8. The number of carbonyl (C=O) groups is 1. The molecule has 4 heteroatoms. The fraction of sp³-hybridized carbons (Fsp3) is 0.923. The Labute approximate surface area is 104 Å². The molecule has 4 nitrogen and oxygen atoms in total. The lowest BCUT2D eigenvalue weighted by molar-refractivity contribution is -0.134. The Morgan fingerprint density at radius 1 is 1.29 bits per heavy atom. The molecule has 98 valence electrons. The van der Waals surface area contributed by atoms with Crippen molar-refractivity contribution in [3.63, 3.8) is 0 Å². The zero-order valence-electron chi connectivity index (χ0n) is 11.1. The molecule has 1 saturated heterocycles. The third kappa shape index (κ3) is 3.42. The van der Waals surface area contributed by atoms with E-state index in [9.17, 15) is 9.90 Å². The van der Waals surface area contributed by atoms with Crippen LogP contribution in [0.4, 0.5) is 0 Å². The van der Waals surface area contributed by atoms with E-state index in [-0.39, 0.29) is 0 Å². The second kappa shape index (κ2) is 4.58. The minimum Gasteiger partial charge on any atom is -0.389 e. The smallest absolute Gasteiger partial charge is 0.226 e. The Morgan fingerprint density at radius 2 is 1.82 bits per heavy atom. The third-order valence-electron chi connectivity index (χ3n) is 3.72. The van der Waals surface area contributed by atoms with Gasteiger partial charge in [0, 0.05) is 38.6 Å². The van der Waals surface area contributed by atoms with Crippen molar-refractivity contribution in [3.05, 3.63) is 0 Å². The summed E-state index contributed by atoms with van der Waals surface area (Å²) in [5.41, 5.74) is -0.642. The van der Waals surface area contributed by atoms with Crippen molar-refractivity contribution in [2.75, 3.05) is 32.7 Å². The van der Waals surface area contributed by atoms with Crippen LogP contribution in [0, 0.1) is 11.8 Å².